The Kier molecular flexibility index (Phi) is 4.79. The van der Waals surface area contributed by atoms with E-state index in [4.69, 9.17) is 0 Å². The van der Waals surface area contributed by atoms with Gasteiger partial charge in [-0.2, -0.15) is 0 Å². The Morgan fingerprint density at radius 2 is 2.22 bits per heavy atom. The zero-order valence-electron chi connectivity index (χ0n) is 11.5. The second-order valence-electron chi connectivity index (χ2n) is 5.08. The van der Waals surface area contributed by atoms with Crippen molar-refractivity contribution in [3.05, 3.63) is 12.4 Å². The zero-order valence-corrected chi connectivity index (χ0v) is 11.5. The molecule has 0 amide bonds. The summed E-state index contributed by atoms with van der Waals surface area (Å²) in [5, 5.41) is 3.33. The second kappa shape index (κ2) is 6.57. The summed E-state index contributed by atoms with van der Waals surface area (Å²) in [6, 6.07) is 2.67. The number of aromatic nitrogens is 2. The van der Waals surface area contributed by atoms with Crippen molar-refractivity contribution in [2.45, 2.75) is 52.0 Å². The van der Waals surface area contributed by atoms with Crippen molar-refractivity contribution >= 4 is 11.6 Å². The van der Waals surface area contributed by atoms with Crippen molar-refractivity contribution in [1.82, 2.24) is 9.97 Å². The normalized spacial score (nSPS) is 20.6. The Hall–Kier alpha value is -1.32. The van der Waals surface area contributed by atoms with Crippen LogP contribution in [0.25, 0.3) is 0 Å². The Bertz CT molecular complexity index is 367. The van der Waals surface area contributed by atoms with Gasteiger partial charge in [0, 0.05) is 25.2 Å². The fraction of sp³-hybridized carbons (Fsp3) is 0.714. The van der Waals surface area contributed by atoms with Gasteiger partial charge in [0.25, 0.3) is 0 Å². The van der Waals surface area contributed by atoms with Crippen LogP contribution in [0.1, 0.15) is 46.0 Å². The molecule has 1 fully saturated rings. The topological polar surface area (TPSA) is 41.0 Å². The van der Waals surface area contributed by atoms with Crippen LogP contribution < -0.4 is 10.2 Å². The first kappa shape index (κ1) is 13.1. The van der Waals surface area contributed by atoms with Crippen molar-refractivity contribution in [3.63, 3.8) is 0 Å². The van der Waals surface area contributed by atoms with Gasteiger partial charge >= 0.3 is 0 Å². The molecule has 0 aliphatic carbocycles. The Labute approximate surface area is 110 Å². The molecule has 0 saturated carbocycles. The standard InChI is InChI=1S/C14H24N4/c1-3-8-15-13-10-14(17-11-16-13)18-9-6-4-5-7-12(18)2/h10-12H,3-9H2,1-2H3,(H,15,16,17). The largest absolute Gasteiger partial charge is 0.370 e. The molecule has 0 radical (unpaired) electrons. The predicted molar refractivity (Wildman–Crippen MR) is 76.1 cm³/mol. The van der Waals surface area contributed by atoms with Gasteiger partial charge in [-0.1, -0.05) is 19.8 Å². The van der Waals surface area contributed by atoms with Crippen molar-refractivity contribution in [2.24, 2.45) is 0 Å². The van der Waals surface area contributed by atoms with Crippen molar-refractivity contribution < 1.29 is 0 Å². The lowest BCUT2D eigenvalue weighted by atomic mass is 10.1. The van der Waals surface area contributed by atoms with Gasteiger partial charge in [0.2, 0.25) is 0 Å². The maximum Gasteiger partial charge on any atom is 0.134 e. The van der Waals surface area contributed by atoms with Crippen LogP contribution in [-0.2, 0) is 0 Å². The van der Waals surface area contributed by atoms with E-state index in [2.05, 4.69) is 40.1 Å². The lowest BCUT2D eigenvalue weighted by Gasteiger charge is -2.28. The molecule has 1 unspecified atom stereocenters. The van der Waals surface area contributed by atoms with E-state index in [0.29, 0.717) is 6.04 Å². The quantitative estimate of drug-likeness (QED) is 0.889. The minimum atomic E-state index is 0.585. The molecule has 0 spiro atoms. The number of anilines is 2. The van der Waals surface area contributed by atoms with Gasteiger partial charge in [-0.05, 0) is 26.2 Å². The summed E-state index contributed by atoms with van der Waals surface area (Å²) in [6.07, 6.45) is 7.99. The Morgan fingerprint density at radius 1 is 1.33 bits per heavy atom. The number of nitrogens with one attached hydrogen (secondary N) is 1. The van der Waals surface area contributed by atoms with Gasteiger partial charge in [-0.25, -0.2) is 9.97 Å². The maximum atomic E-state index is 4.44. The van der Waals surface area contributed by atoms with E-state index in [9.17, 15) is 0 Å². The Balaban J connectivity index is 2.10. The summed E-state index contributed by atoms with van der Waals surface area (Å²) >= 11 is 0. The van der Waals surface area contributed by atoms with Crippen LogP contribution in [-0.4, -0.2) is 29.1 Å². The molecule has 1 aliphatic heterocycles. The molecule has 1 aromatic heterocycles. The fourth-order valence-electron chi connectivity index (χ4n) is 2.47. The first-order valence-corrected chi connectivity index (χ1v) is 7.14. The minimum absolute atomic E-state index is 0.585. The summed E-state index contributed by atoms with van der Waals surface area (Å²) in [5.74, 6) is 2.01. The van der Waals surface area contributed by atoms with Gasteiger partial charge < -0.3 is 10.2 Å². The van der Waals surface area contributed by atoms with Gasteiger partial charge in [-0.3, -0.25) is 0 Å². The van der Waals surface area contributed by atoms with E-state index in [1.807, 2.05) is 0 Å². The maximum absolute atomic E-state index is 4.44. The third-order valence-corrected chi connectivity index (χ3v) is 3.56. The third-order valence-electron chi connectivity index (χ3n) is 3.56. The molecule has 0 aromatic carbocycles. The molecule has 1 aliphatic rings. The molecule has 0 bridgehead atoms. The molecule has 4 nitrogen and oxygen atoms in total. The lowest BCUT2D eigenvalue weighted by Crippen LogP contribution is -2.33. The number of rotatable bonds is 4. The van der Waals surface area contributed by atoms with Crippen LogP contribution in [0.5, 0.6) is 0 Å². The van der Waals surface area contributed by atoms with Crippen LogP contribution in [0.2, 0.25) is 0 Å². The molecule has 2 rings (SSSR count). The summed E-state index contributed by atoms with van der Waals surface area (Å²) in [6.45, 7) is 6.54. The van der Waals surface area contributed by atoms with Crippen LogP contribution in [0.4, 0.5) is 11.6 Å². The van der Waals surface area contributed by atoms with Crippen molar-refractivity contribution in [2.75, 3.05) is 23.3 Å². The molecule has 18 heavy (non-hydrogen) atoms. The van der Waals surface area contributed by atoms with Gasteiger partial charge in [0.05, 0.1) is 0 Å². The van der Waals surface area contributed by atoms with Gasteiger partial charge in [0.1, 0.15) is 18.0 Å². The SMILES string of the molecule is CCCNc1cc(N2CCCCCC2C)ncn1. The molecule has 4 heteroatoms. The molecule has 100 valence electrons. The van der Waals surface area contributed by atoms with E-state index < -0.39 is 0 Å². The average molecular weight is 248 g/mol. The van der Waals surface area contributed by atoms with Gasteiger partial charge in [-0.15, -0.1) is 0 Å². The number of nitrogens with zero attached hydrogens (tertiary/aromatic N) is 3. The Morgan fingerprint density at radius 3 is 3.06 bits per heavy atom. The minimum Gasteiger partial charge on any atom is -0.370 e. The van der Waals surface area contributed by atoms with Crippen LogP contribution in [0.15, 0.2) is 12.4 Å². The monoisotopic (exact) mass is 248 g/mol. The first-order chi connectivity index (χ1) is 8.81. The van der Waals surface area contributed by atoms with E-state index in [1.54, 1.807) is 6.33 Å². The van der Waals surface area contributed by atoms with E-state index in [-0.39, 0.29) is 0 Å². The summed E-state index contributed by atoms with van der Waals surface area (Å²) < 4.78 is 0. The molecule has 2 heterocycles. The highest BCUT2D eigenvalue weighted by Gasteiger charge is 2.18. The molecular weight excluding hydrogens is 224 g/mol. The third kappa shape index (κ3) is 3.34. The van der Waals surface area contributed by atoms with Crippen molar-refractivity contribution in [1.29, 1.82) is 0 Å². The predicted octanol–water partition coefficient (Wildman–Crippen LogP) is 3.07. The zero-order chi connectivity index (χ0) is 12.8. The van der Waals surface area contributed by atoms with Crippen molar-refractivity contribution in [3.8, 4) is 0 Å². The summed E-state index contributed by atoms with van der Waals surface area (Å²) in [4.78, 5) is 11.1. The molecular formula is C14H24N4. The fourth-order valence-corrected chi connectivity index (χ4v) is 2.47. The highest BCUT2D eigenvalue weighted by atomic mass is 15.2. The molecule has 1 atom stereocenters. The molecule has 1 aromatic rings. The molecule has 1 N–H and O–H groups in total. The smallest absolute Gasteiger partial charge is 0.134 e. The van der Waals surface area contributed by atoms with Gasteiger partial charge in [0.15, 0.2) is 0 Å². The van der Waals surface area contributed by atoms with Crippen LogP contribution in [0, 0.1) is 0 Å². The van der Waals surface area contributed by atoms with E-state index in [1.165, 1.54) is 25.7 Å². The number of hydrogen-bond acceptors (Lipinski definition) is 4. The van der Waals surface area contributed by atoms with E-state index in [0.717, 1.165) is 31.1 Å². The highest BCUT2D eigenvalue weighted by molar-refractivity contribution is 5.49. The van der Waals surface area contributed by atoms with E-state index >= 15 is 0 Å². The lowest BCUT2D eigenvalue weighted by molar-refractivity contribution is 0.611. The highest BCUT2D eigenvalue weighted by Crippen LogP contribution is 2.23. The average Bonchev–Trinajstić information content (AvgIpc) is 2.61. The first-order valence-electron chi connectivity index (χ1n) is 7.14. The summed E-state index contributed by atoms with van der Waals surface area (Å²) in [7, 11) is 0. The summed E-state index contributed by atoms with van der Waals surface area (Å²) in [5.41, 5.74) is 0. The van der Waals surface area contributed by atoms with Crippen LogP contribution >= 0.6 is 0 Å². The van der Waals surface area contributed by atoms with Crippen LogP contribution in [0.3, 0.4) is 0 Å². The molecule has 1 saturated heterocycles. The number of hydrogen-bond donors (Lipinski definition) is 1. The second-order valence-corrected chi connectivity index (χ2v) is 5.08.